The molecule has 1 aliphatic rings. The van der Waals surface area contributed by atoms with Gasteiger partial charge in [-0.15, -0.1) is 0 Å². The maximum Gasteiger partial charge on any atom is 0.228 e. The molecule has 3 heteroatoms. The third kappa shape index (κ3) is 1.78. The summed E-state index contributed by atoms with van der Waals surface area (Å²) in [7, 11) is 2.12. The van der Waals surface area contributed by atoms with Gasteiger partial charge in [0.05, 0.1) is 5.56 Å². The first-order valence-electron chi connectivity index (χ1n) is 9.19. The molecule has 130 valence electrons. The van der Waals surface area contributed by atoms with Crippen LogP contribution in [-0.4, -0.2) is 0 Å². The first kappa shape index (κ1) is 14.8. The standard InChI is InChI=1S/C24H18NO2/c1-13-7-6-10-19-20(13)22-21-15(11-14(2)25(22)3)12-17-16-8-4-5-9-18(16)26-23(17)24(21)27-19/h4-12H,1-3H3/q+1. The lowest BCUT2D eigenvalue weighted by Crippen LogP contribution is -2.35. The van der Waals surface area contributed by atoms with Crippen LogP contribution in [0.15, 0.2) is 59.0 Å². The largest absolute Gasteiger partial charge is 0.452 e. The summed E-state index contributed by atoms with van der Waals surface area (Å²) in [5.41, 5.74) is 6.50. The Hall–Kier alpha value is -3.33. The Labute approximate surface area is 156 Å². The average molecular weight is 352 g/mol. The molecule has 0 unspecified atom stereocenters. The minimum Gasteiger partial charge on any atom is -0.452 e. The number of ether oxygens (including phenoxy) is 1. The molecule has 0 N–H and O–H groups in total. The SMILES string of the molecule is Cc1cccc2c1-c1c3c(c4oc5ccccc5c4cc3cc(C)[n+]1C)O2. The minimum atomic E-state index is 0.820. The van der Waals surface area contributed by atoms with E-state index in [4.69, 9.17) is 9.15 Å². The number of aryl methyl sites for hydroxylation is 2. The molecule has 0 atom stereocenters. The van der Waals surface area contributed by atoms with Crippen LogP contribution >= 0.6 is 0 Å². The molecule has 6 rings (SSSR count). The summed E-state index contributed by atoms with van der Waals surface area (Å²) in [4.78, 5) is 0. The van der Waals surface area contributed by atoms with Crippen LogP contribution in [0.4, 0.5) is 0 Å². The van der Waals surface area contributed by atoms with Crippen LogP contribution < -0.4 is 9.30 Å². The second kappa shape index (κ2) is 4.89. The van der Waals surface area contributed by atoms with Crippen molar-refractivity contribution in [2.45, 2.75) is 13.8 Å². The highest BCUT2D eigenvalue weighted by Crippen LogP contribution is 2.50. The van der Waals surface area contributed by atoms with Crippen molar-refractivity contribution < 1.29 is 13.7 Å². The molecule has 3 aromatic carbocycles. The third-order valence-corrected chi connectivity index (χ3v) is 5.80. The number of rotatable bonds is 0. The Balaban J connectivity index is 1.91. The number of benzene rings is 3. The maximum absolute atomic E-state index is 6.46. The molecule has 0 saturated carbocycles. The normalized spacial score (nSPS) is 12.6. The van der Waals surface area contributed by atoms with E-state index in [1.165, 1.54) is 22.3 Å². The van der Waals surface area contributed by atoms with E-state index in [0.29, 0.717) is 0 Å². The summed E-state index contributed by atoms with van der Waals surface area (Å²) in [5.74, 6) is 1.71. The summed E-state index contributed by atoms with van der Waals surface area (Å²) in [6, 6.07) is 18.9. The predicted molar refractivity (Wildman–Crippen MR) is 107 cm³/mol. The molecular weight excluding hydrogens is 334 g/mol. The second-order valence-electron chi connectivity index (χ2n) is 7.39. The molecule has 0 spiro atoms. The number of hydrogen-bond donors (Lipinski definition) is 0. The number of hydrogen-bond acceptors (Lipinski definition) is 2. The molecule has 0 amide bonds. The van der Waals surface area contributed by atoms with Crippen LogP contribution in [0.5, 0.6) is 11.5 Å². The number of furan rings is 1. The fourth-order valence-corrected chi connectivity index (χ4v) is 4.40. The van der Waals surface area contributed by atoms with Crippen LogP contribution in [0.3, 0.4) is 0 Å². The molecule has 1 aliphatic heterocycles. The molecule has 27 heavy (non-hydrogen) atoms. The monoisotopic (exact) mass is 352 g/mol. The van der Waals surface area contributed by atoms with E-state index in [-0.39, 0.29) is 0 Å². The fraction of sp³-hybridized carbons (Fsp3) is 0.125. The lowest BCUT2D eigenvalue weighted by atomic mass is 9.94. The zero-order valence-electron chi connectivity index (χ0n) is 15.5. The van der Waals surface area contributed by atoms with Crippen LogP contribution in [0.2, 0.25) is 0 Å². The molecule has 0 radical (unpaired) electrons. The van der Waals surface area contributed by atoms with Gasteiger partial charge in [0, 0.05) is 23.8 Å². The van der Waals surface area contributed by atoms with Crippen LogP contribution in [0.1, 0.15) is 11.3 Å². The van der Waals surface area contributed by atoms with Crippen molar-refractivity contribution in [2.24, 2.45) is 7.05 Å². The molecule has 0 fully saturated rings. The summed E-state index contributed by atoms with van der Waals surface area (Å²) >= 11 is 0. The molecular formula is C24H18NO2+. The number of aromatic nitrogens is 1. The van der Waals surface area contributed by atoms with Gasteiger partial charge in [-0.3, -0.25) is 0 Å². The van der Waals surface area contributed by atoms with Gasteiger partial charge in [-0.2, -0.15) is 4.57 Å². The van der Waals surface area contributed by atoms with Crippen LogP contribution in [0.25, 0.3) is 44.0 Å². The van der Waals surface area contributed by atoms with Crippen LogP contribution in [-0.2, 0) is 7.05 Å². The topological polar surface area (TPSA) is 26.2 Å². The quantitative estimate of drug-likeness (QED) is 0.316. The van der Waals surface area contributed by atoms with Gasteiger partial charge in [-0.05, 0) is 36.1 Å². The van der Waals surface area contributed by atoms with Crippen molar-refractivity contribution in [3.8, 4) is 22.8 Å². The summed E-state index contributed by atoms with van der Waals surface area (Å²) in [6.07, 6.45) is 0. The first-order valence-corrected chi connectivity index (χ1v) is 9.19. The Kier molecular flexibility index (Phi) is 2.68. The van der Waals surface area contributed by atoms with Crippen molar-refractivity contribution in [1.82, 2.24) is 0 Å². The fourth-order valence-electron chi connectivity index (χ4n) is 4.40. The van der Waals surface area contributed by atoms with Gasteiger partial charge in [0.1, 0.15) is 23.8 Å². The van der Waals surface area contributed by atoms with E-state index in [0.717, 1.165) is 44.4 Å². The van der Waals surface area contributed by atoms with Gasteiger partial charge >= 0.3 is 0 Å². The van der Waals surface area contributed by atoms with Gasteiger partial charge in [0.25, 0.3) is 0 Å². The van der Waals surface area contributed by atoms with Gasteiger partial charge in [0.2, 0.25) is 5.69 Å². The van der Waals surface area contributed by atoms with E-state index < -0.39 is 0 Å². The Morgan fingerprint density at radius 1 is 0.889 bits per heavy atom. The molecule has 0 bridgehead atoms. The zero-order valence-corrected chi connectivity index (χ0v) is 15.5. The van der Waals surface area contributed by atoms with Gasteiger partial charge in [0.15, 0.2) is 17.0 Å². The van der Waals surface area contributed by atoms with E-state index in [1.807, 2.05) is 30.3 Å². The smallest absolute Gasteiger partial charge is 0.228 e. The highest BCUT2D eigenvalue weighted by atomic mass is 16.5. The van der Waals surface area contributed by atoms with Crippen molar-refractivity contribution >= 4 is 32.7 Å². The molecule has 3 heterocycles. The van der Waals surface area contributed by atoms with E-state index in [9.17, 15) is 0 Å². The van der Waals surface area contributed by atoms with Crippen molar-refractivity contribution in [3.05, 3.63) is 65.9 Å². The van der Waals surface area contributed by atoms with Crippen molar-refractivity contribution in [1.29, 1.82) is 0 Å². The Morgan fingerprint density at radius 2 is 1.74 bits per heavy atom. The van der Waals surface area contributed by atoms with Crippen LogP contribution in [0, 0.1) is 13.8 Å². The highest BCUT2D eigenvalue weighted by Gasteiger charge is 2.32. The number of para-hydroxylation sites is 1. The zero-order chi connectivity index (χ0) is 18.3. The summed E-state index contributed by atoms with van der Waals surface area (Å²) in [5, 5.41) is 4.53. The third-order valence-electron chi connectivity index (χ3n) is 5.80. The highest BCUT2D eigenvalue weighted by molar-refractivity contribution is 6.17. The number of pyridine rings is 1. The maximum atomic E-state index is 6.46. The number of fused-ring (bicyclic) bond motifs is 6. The van der Waals surface area contributed by atoms with Gasteiger partial charge < -0.3 is 9.15 Å². The lowest BCUT2D eigenvalue weighted by Gasteiger charge is -2.21. The molecule has 2 aromatic heterocycles. The van der Waals surface area contributed by atoms with Gasteiger partial charge in [-0.25, -0.2) is 0 Å². The lowest BCUT2D eigenvalue weighted by molar-refractivity contribution is -0.665. The first-order chi connectivity index (χ1) is 13.1. The Bertz CT molecular complexity index is 1430. The van der Waals surface area contributed by atoms with E-state index in [1.54, 1.807) is 0 Å². The van der Waals surface area contributed by atoms with Gasteiger partial charge in [-0.1, -0.05) is 30.3 Å². The minimum absolute atomic E-state index is 0.820. The molecule has 3 nitrogen and oxygen atoms in total. The summed E-state index contributed by atoms with van der Waals surface area (Å²) in [6.45, 7) is 4.29. The average Bonchev–Trinajstić information content (AvgIpc) is 3.04. The van der Waals surface area contributed by atoms with Crippen molar-refractivity contribution in [3.63, 3.8) is 0 Å². The molecule has 5 aromatic rings. The second-order valence-corrected chi connectivity index (χ2v) is 7.39. The van der Waals surface area contributed by atoms with E-state index in [2.05, 4.69) is 49.7 Å². The Morgan fingerprint density at radius 3 is 2.63 bits per heavy atom. The summed E-state index contributed by atoms with van der Waals surface area (Å²) < 4.78 is 15.0. The predicted octanol–water partition coefficient (Wildman–Crippen LogP) is 5.95. The molecule has 0 aliphatic carbocycles. The van der Waals surface area contributed by atoms with E-state index >= 15 is 0 Å². The molecule has 0 saturated heterocycles. The number of nitrogens with zero attached hydrogens (tertiary/aromatic N) is 1. The van der Waals surface area contributed by atoms with Crippen molar-refractivity contribution in [2.75, 3.05) is 0 Å².